The molecule has 0 fully saturated rings. The van der Waals surface area contributed by atoms with Gasteiger partial charge < -0.3 is 15.1 Å². The van der Waals surface area contributed by atoms with Crippen molar-refractivity contribution < 1.29 is 36.8 Å². The Morgan fingerprint density at radius 1 is 1.00 bits per heavy atom. The summed E-state index contributed by atoms with van der Waals surface area (Å²) in [6, 6.07) is 0. The van der Waals surface area contributed by atoms with Gasteiger partial charge in [0.2, 0.25) is 0 Å². The molecular formula is H5BBaO3Ti. The molecule has 0 amide bonds. The zero-order chi connectivity index (χ0) is 3.58. The Morgan fingerprint density at radius 2 is 1.00 bits per heavy atom. The van der Waals surface area contributed by atoms with Gasteiger partial charge in [0.05, 0.1) is 0 Å². The zero-order valence-electron chi connectivity index (χ0n) is 2.42. The van der Waals surface area contributed by atoms with Crippen molar-refractivity contribution in [3.8, 4) is 0 Å². The first-order valence-corrected chi connectivity index (χ1v) is 0.775. The Labute approximate surface area is 91.3 Å². The third-order valence-electron chi connectivity index (χ3n) is 0. The van der Waals surface area contributed by atoms with Crippen molar-refractivity contribution in [2.24, 2.45) is 0 Å². The largest absolute Gasteiger partial charge is 0 e. The van der Waals surface area contributed by atoms with Crippen molar-refractivity contribution in [1.82, 2.24) is 0 Å². The van der Waals surface area contributed by atoms with Crippen LogP contribution in [0.3, 0.4) is 0 Å². The summed E-state index contributed by atoms with van der Waals surface area (Å²) in [4.78, 5) is 0. The van der Waals surface area contributed by atoms with E-state index in [0.29, 0.717) is 0 Å². The maximum absolute atomic E-state index is 7.17. The molecule has 3 nitrogen and oxygen atoms in total. The second-order valence-corrected chi connectivity index (χ2v) is 0.346. The van der Waals surface area contributed by atoms with Crippen LogP contribution in [0.2, 0.25) is 0 Å². The van der Waals surface area contributed by atoms with Crippen LogP contribution in [0, 0.1) is 0 Å². The molecule has 32 valence electrons. The first-order chi connectivity index (χ1) is 1.73. The topological polar surface area (TPSA) is 60.7 Å². The maximum Gasteiger partial charge on any atom is 0 e. The summed E-state index contributed by atoms with van der Waals surface area (Å²) >= 11 is 0. The average molecular weight is 249 g/mol. The number of rotatable bonds is 0. The van der Waals surface area contributed by atoms with Crippen LogP contribution in [0.4, 0.5) is 0 Å². The first kappa shape index (κ1) is 15.7. The minimum Gasteiger partial charge on any atom is 0 e. The van der Waals surface area contributed by atoms with E-state index in [0.717, 1.165) is 0 Å². The molecule has 0 unspecified atom stereocenters. The van der Waals surface area contributed by atoms with Crippen molar-refractivity contribution in [2.75, 3.05) is 0 Å². The molecule has 0 aromatic carbocycles. The summed E-state index contributed by atoms with van der Waals surface area (Å²) in [7, 11) is -2.17. The van der Waals surface area contributed by atoms with E-state index in [1.807, 2.05) is 0 Å². The van der Waals surface area contributed by atoms with Gasteiger partial charge >= 0.3 is 56.2 Å². The minimum absolute atomic E-state index is 0. The van der Waals surface area contributed by atoms with Crippen LogP contribution in [0.25, 0.3) is 0 Å². The Balaban J connectivity index is -0.0000000450. The van der Waals surface area contributed by atoms with Gasteiger partial charge in [0, 0.05) is 21.7 Å². The van der Waals surface area contributed by atoms with Crippen LogP contribution in [0.1, 0.15) is 0 Å². The van der Waals surface area contributed by atoms with Gasteiger partial charge in [-0.2, -0.15) is 0 Å². The van der Waals surface area contributed by atoms with Crippen LogP contribution >= 0.6 is 0 Å². The van der Waals surface area contributed by atoms with Gasteiger partial charge in [-0.3, -0.25) is 0 Å². The summed E-state index contributed by atoms with van der Waals surface area (Å²) in [5, 5.41) is 21.5. The number of hydrogen-bond acceptors (Lipinski definition) is 3. The van der Waals surface area contributed by atoms with E-state index in [2.05, 4.69) is 0 Å². The summed E-state index contributed by atoms with van der Waals surface area (Å²) in [5.74, 6) is 0. The molecule has 0 radical (unpaired) electrons. The molecule has 0 rings (SSSR count). The van der Waals surface area contributed by atoms with Crippen LogP contribution in [-0.4, -0.2) is 71.3 Å². The second kappa shape index (κ2) is 10.3. The second-order valence-electron chi connectivity index (χ2n) is 0.346. The number of hydrogen-bond donors (Lipinski definition) is 3. The average Bonchev–Trinajstić information content (AvgIpc) is 0.811. The Morgan fingerprint density at radius 3 is 1.00 bits per heavy atom. The van der Waals surface area contributed by atoms with Gasteiger partial charge in [0.25, 0.3) is 0 Å². The van der Waals surface area contributed by atoms with E-state index in [1.54, 1.807) is 0 Å². The fourth-order valence-corrected chi connectivity index (χ4v) is 0. The van der Waals surface area contributed by atoms with Crippen molar-refractivity contribution in [2.45, 2.75) is 0 Å². The molecule has 6 heteroatoms. The van der Waals surface area contributed by atoms with Crippen molar-refractivity contribution >= 4 is 56.2 Å². The van der Waals surface area contributed by atoms with Gasteiger partial charge in [-0.05, 0) is 0 Å². The van der Waals surface area contributed by atoms with Gasteiger partial charge in [0.1, 0.15) is 0 Å². The van der Waals surface area contributed by atoms with Crippen LogP contribution in [0.5, 0.6) is 0 Å². The monoisotopic (exact) mass is 250 g/mol. The molecule has 0 heterocycles. The molecule has 6 heavy (non-hydrogen) atoms. The van der Waals surface area contributed by atoms with Crippen LogP contribution in [-0.2, 0) is 21.7 Å². The summed E-state index contributed by atoms with van der Waals surface area (Å²) in [6.07, 6.45) is 0. The molecule has 0 aromatic heterocycles. The Kier molecular flexibility index (Phi) is 26.9. The molecule has 0 aliphatic rings. The Hall–Kier alpha value is 2.23. The van der Waals surface area contributed by atoms with Crippen LogP contribution in [0.15, 0.2) is 0 Å². The summed E-state index contributed by atoms with van der Waals surface area (Å²) < 4.78 is 0. The van der Waals surface area contributed by atoms with Crippen molar-refractivity contribution in [3.63, 3.8) is 0 Å². The molecule has 0 saturated carbocycles. The van der Waals surface area contributed by atoms with Gasteiger partial charge in [0.15, 0.2) is 0 Å². The van der Waals surface area contributed by atoms with E-state index >= 15 is 0 Å². The predicted octanol–water partition coefficient (Wildman–Crippen LogP) is -2.97. The summed E-state index contributed by atoms with van der Waals surface area (Å²) in [6.45, 7) is 0. The molecule has 0 aliphatic heterocycles. The maximum atomic E-state index is 7.17. The quantitative estimate of drug-likeness (QED) is 0.402. The predicted molar refractivity (Wildman–Crippen MR) is 21.0 cm³/mol. The molecular weight excluding hydrogens is 244 g/mol. The van der Waals surface area contributed by atoms with E-state index in [9.17, 15) is 0 Å². The SMILES string of the molecule is OB(O)O.[BaH2].[Ti]. The molecule has 0 atom stereocenters. The van der Waals surface area contributed by atoms with Gasteiger partial charge in [-0.1, -0.05) is 0 Å². The van der Waals surface area contributed by atoms with E-state index in [1.165, 1.54) is 0 Å². The zero-order valence-corrected chi connectivity index (χ0v) is 3.98. The normalized spacial score (nSPS) is 4.50. The third kappa shape index (κ3) is 34.3. The minimum atomic E-state index is -2.17. The van der Waals surface area contributed by atoms with Crippen molar-refractivity contribution in [3.05, 3.63) is 0 Å². The fourth-order valence-electron chi connectivity index (χ4n) is 0. The fraction of sp³-hybridized carbons (Fsp3) is 0. The third-order valence-corrected chi connectivity index (χ3v) is 0. The molecule has 0 saturated heterocycles. The molecule has 0 aliphatic carbocycles. The van der Waals surface area contributed by atoms with Crippen molar-refractivity contribution in [1.29, 1.82) is 0 Å². The molecule has 0 spiro atoms. The van der Waals surface area contributed by atoms with E-state index in [4.69, 9.17) is 15.1 Å². The standard InChI is InChI=1S/BH3O3.Ba.Ti.2H/c2-1(3)4;;;;/h2-4H;;;;. The summed E-state index contributed by atoms with van der Waals surface area (Å²) in [5.41, 5.74) is 0. The van der Waals surface area contributed by atoms with Gasteiger partial charge in [-0.25, -0.2) is 0 Å². The molecule has 0 bridgehead atoms. The molecule has 3 N–H and O–H groups in total. The Bertz CT molecular complexity index is 15.5. The van der Waals surface area contributed by atoms with Gasteiger partial charge in [-0.15, -0.1) is 0 Å². The van der Waals surface area contributed by atoms with E-state index in [-0.39, 0.29) is 70.6 Å². The molecule has 0 aromatic rings. The first-order valence-electron chi connectivity index (χ1n) is 0.775. The van der Waals surface area contributed by atoms with Crippen LogP contribution < -0.4 is 0 Å². The smallest absolute Gasteiger partial charge is 0 e. The van der Waals surface area contributed by atoms with E-state index < -0.39 is 7.32 Å².